The molecule has 0 aliphatic rings. The summed E-state index contributed by atoms with van der Waals surface area (Å²) in [5, 5.41) is 4.44. The summed E-state index contributed by atoms with van der Waals surface area (Å²) in [6.07, 6.45) is 6.03. The lowest BCUT2D eigenvalue weighted by Crippen LogP contribution is -2.00. The lowest BCUT2D eigenvalue weighted by Gasteiger charge is -2.11. The maximum absolute atomic E-state index is 13.4. The molecule has 1 N–H and O–H groups in total. The lowest BCUT2D eigenvalue weighted by molar-refractivity contribution is 0.622. The van der Waals surface area contributed by atoms with Gasteiger partial charge in [0.1, 0.15) is 11.6 Å². The van der Waals surface area contributed by atoms with Crippen molar-refractivity contribution < 1.29 is 4.39 Å². The largest absolute Gasteiger partial charge is 0.338 e. The Morgan fingerprint density at radius 2 is 1.88 bits per heavy atom. The number of nitrogens with zero attached hydrogens (tertiary/aromatic N) is 4. The minimum absolute atomic E-state index is 0.432. The second kappa shape index (κ2) is 6.41. The van der Waals surface area contributed by atoms with Crippen LogP contribution >= 0.6 is 11.6 Å². The third kappa shape index (κ3) is 3.25. The predicted molar refractivity (Wildman–Crippen MR) is 95.3 cm³/mol. The molecule has 0 radical (unpaired) electrons. The van der Waals surface area contributed by atoms with Crippen molar-refractivity contribution in [3.05, 3.63) is 72.0 Å². The Bertz CT molecular complexity index is 1060. The van der Waals surface area contributed by atoms with Gasteiger partial charge in [0, 0.05) is 34.4 Å². The van der Waals surface area contributed by atoms with Gasteiger partial charge in [0.15, 0.2) is 5.82 Å². The number of aromatic nitrogens is 4. The van der Waals surface area contributed by atoms with Crippen molar-refractivity contribution in [1.29, 1.82) is 0 Å². The van der Waals surface area contributed by atoms with E-state index in [4.69, 9.17) is 11.6 Å². The Hall–Kier alpha value is -3.12. The molecule has 0 saturated carbocycles. The first-order chi connectivity index (χ1) is 12.2. The van der Waals surface area contributed by atoms with E-state index in [1.54, 1.807) is 24.5 Å². The first kappa shape index (κ1) is 15.4. The molecule has 0 spiro atoms. The van der Waals surface area contributed by atoms with Crippen LogP contribution < -0.4 is 5.32 Å². The summed E-state index contributed by atoms with van der Waals surface area (Å²) in [5.74, 6) is 0.599. The normalized spacial score (nSPS) is 10.8. The zero-order valence-electron chi connectivity index (χ0n) is 12.8. The standard InChI is InChI=1S/C18H11ClFN5/c19-12-3-4-15-16(6-12)24-17(11-2-1-5-21-8-11)25-18(15)23-14-7-13(20)9-22-10-14/h1-10H,(H,23,24,25). The van der Waals surface area contributed by atoms with Gasteiger partial charge in [-0.1, -0.05) is 11.6 Å². The fourth-order valence-corrected chi connectivity index (χ4v) is 2.61. The molecule has 4 rings (SSSR count). The molecule has 7 heteroatoms. The molecular weight excluding hydrogens is 341 g/mol. The molecule has 0 amide bonds. The molecule has 0 saturated heterocycles. The molecule has 0 aliphatic heterocycles. The highest BCUT2D eigenvalue weighted by molar-refractivity contribution is 6.31. The van der Waals surface area contributed by atoms with Gasteiger partial charge >= 0.3 is 0 Å². The number of halogens is 2. The van der Waals surface area contributed by atoms with Crippen molar-refractivity contribution in [3.8, 4) is 11.4 Å². The number of rotatable bonds is 3. The number of fused-ring (bicyclic) bond motifs is 1. The molecule has 122 valence electrons. The Labute approximate surface area is 147 Å². The number of hydrogen-bond acceptors (Lipinski definition) is 5. The highest BCUT2D eigenvalue weighted by Gasteiger charge is 2.11. The van der Waals surface area contributed by atoms with Crippen molar-refractivity contribution in [2.45, 2.75) is 0 Å². The van der Waals surface area contributed by atoms with Crippen LogP contribution in [0.2, 0.25) is 5.02 Å². The third-order valence-corrected chi connectivity index (χ3v) is 3.78. The van der Waals surface area contributed by atoms with E-state index in [1.807, 2.05) is 18.2 Å². The van der Waals surface area contributed by atoms with Crippen LogP contribution in [0.3, 0.4) is 0 Å². The topological polar surface area (TPSA) is 63.6 Å². The fourth-order valence-electron chi connectivity index (χ4n) is 2.44. The van der Waals surface area contributed by atoms with Gasteiger partial charge in [0.25, 0.3) is 0 Å². The smallest absolute Gasteiger partial charge is 0.163 e. The molecule has 0 fully saturated rings. The average molecular weight is 352 g/mol. The Morgan fingerprint density at radius 1 is 0.960 bits per heavy atom. The average Bonchev–Trinajstić information content (AvgIpc) is 2.62. The molecule has 4 aromatic rings. The van der Waals surface area contributed by atoms with Crippen LogP contribution in [-0.2, 0) is 0 Å². The molecule has 0 atom stereocenters. The summed E-state index contributed by atoms with van der Waals surface area (Å²) >= 11 is 6.10. The summed E-state index contributed by atoms with van der Waals surface area (Å²) in [7, 11) is 0. The molecule has 1 aromatic carbocycles. The van der Waals surface area contributed by atoms with Crippen molar-refractivity contribution >= 4 is 34.0 Å². The van der Waals surface area contributed by atoms with Crippen LogP contribution in [0.15, 0.2) is 61.2 Å². The van der Waals surface area contributed by atoms with E-state index >= 15 is 0 Å². The lowest BCUT2D eigenvalue weighted by atomic mass is 10.2. The zero-order chi connectivity index (χ0) is 17.2. The molecule has 25 heavy (non-hydrogen) atoms. The minimum Gasteiger partial charge on any atom is -0.338 e. The summed E-state index contributed by atoms with van der Waals surface area (Å²) in [4.78, 5) is 17.1. The first-order valence-electron chi connectivity index (χ1n) is 7.44. The first-order valence-corrected chi connectivity index (χ1v) is 7.82. The number of nitrogens with one attached hydrogen (secondary N) is 1. The maximum Gasteiger partial charge on any atom is 0.163 e. The SMILES string of the molecule is Fc1cncc(Nc2nc(-c3cccnc3)nc3cc(Cl)ccc23)c1. The van der Waals surface area contributed by atoms with E-state index < -0.39 is 5.82 Å². The van der Waals surface area contributed by atoms with E-state index in [2.05, 4.69) is 25.3 Å². The maximum atomic E-state index is 13.4. The predicted octanol–water partition coefficient (Wildman–Crippen LogP) is 4.62. The summed E-state index contributed by atoms with van der Waals surface area (Å²) in [6.45, 7) is 0. The molecule has 0 bridgehead atoms. The van der Waals surface area contributed by atoms with Crippen molar-refractivity contribution in [3.63, 3.8) is 0 Å². The van der Waals surface area contributed by atoms with Crippen LogP contribution in [0.25, 0.3) is 22.3 Å². The van der Waals surface area contributed by atoms with Crippen molar-refractivity contribution in [2.75, 3.05) is 5.32 Å². The van der Waals surface area contributed by atoms with E-state index in [-0.39, 0.29) is 0 Å². The molecule has 3 heterocycles. The van der Waals surface area contributed by atoms with Gasteiger partial charge in [-0.3, -0.25) is 9.97 Å². The van der Waals surface area contributed by atoms with Gasteiger partial charge in [-0.25, -0.2) is 14.4 Å². The number of hydrogen-bond donors (Lipinski definition) is 1. The molecule has 3 aromatic heterocycles. The summed E-state index contributed by atoms with van der Waals surface area (Å²) in [6, 6.07) is 10.4. The fraction of sp³-hybridized carbons (Fsp3) is 0. The van der Waals surface area contributed by atoms with Crippen LogP contribution in [0.5, 0.6) is 0 Å². The molecule has 0 aliphatic carbocycles. The van der Waals surface area contributed by atoms with Gasteiger partial charge < -0.3 is 5.32 Å². The Morgan fingerprint density at radius 3 is 2.68 bits per heavy atom. The third-order valence-electron chi connectivity index (χ3n) is 3.55. The monoisotopic (exact) mass is 351 g/mol. The van der Waals surface area contributed by atoms with Gasteiger partial charge in [-0.15, -0.1) is 0 Å². The summed E-state index contributed by atoms with van der Waals surface area (Å²) < 4.78 is 13.4. The van der Waals surface area contributed by atoms with Crippen LogP contribution in [0.1, 0.15) is 0 Å². The number of anilines is 2. The van der Waals surface area contributed by atoms with Gasteiger partial charge in [-0.2, -0.15) is 0 Å². The number of pyridine rings is 2. The van der Waals surface area contributed by atoms with E-state index in [9.17, 15) is 4.39 Å². The number of benzene rings is 1. The highest BCUT2D eigenvalue weighted by atomic mass is 35.5. The van der Waals surface area contributed by atoms with Gasteiger partial charge in [0.05, 0.1) is 23.6 Å². The van der Waals surface area contributed by atoms with Crippen LogP contribution in [0, 0.1) is 5.82 Å². The second-order valence-electron chi connectivity index (χ2n) is 5.32. The quantitative estimate of drug-likeness (QED) is 0.583. The van der Waals surface area contributed by atoms with Gasteiger partial charge in [-0.05, 0) is 30.3 Å². The van der Waals surface area contributed by atoms with Crippen molar-refractivity contribution in [1.82, 2.24) is 19.9 Å². The Balaban J connectivity index is 1.89. The Kier molecular flexibility index (Phi) is 3.95. The molecular formula is C18H11ClFN5. The van der Waals surface area contributed by atoms with Gasteiger partial charge in [0.2, 0.25) is 0 Å². The minimum atomic E-state index is -0.432. The van der Waals surface area contributed by atoms with Crippen molar-refractivity contribution in [2.24, 2.45) is 0 Å². The molecule has 5 nitrogen and oxygen atoms in total. The second-order valence-corrected chi connectivity index (χ2v) is 5.75. The van der Waals surface area contributed by atoms with E-state index in [0.29, 0.717) is 27.9 Å². The van der Waals surface area contributed by atoms with E-state index in [0.717, 1.165) is 17.1 Å². The zero-order valence-corrected chi connectivity index (χ0v) is 13.6. The summed E-state index contributed by atoms with van der Waals surface area (Å²) in [5.41, 5.74) is 1.94. The van der Waals surface area contributed by atoms with Crippen LogP contribution in [0.4, 0.5) is 15.9 Å². The van der Waals surface area contributed by atoms with E-state index in [1.165, 1.54) is 12.3 Å². The molecule has 0 unspecified atom stereocenters. The highest BCUT2D eigenvalue weighted by Crippen LogP contribution is 2.28. The van der Waals surface area contributed by atoms with Crippen LogP contribution in [-0.4, -0.2) is 19.9 Å².